The minimum Gasteiger partial charge on any atom is -0.445 e. The van der Waals surface area contributed by atoms with E-state index < -0.39 is 6.09 Å². The van der Waals surface area contributed by atoms with Gasteiger partial charge in [-0.05, 0) is 12.5 Å². The van der Waals surface area contributed by atoms with Crippen LogP contribution in [0.15, 0.2) is 24.3 Å². The largest absolute Gasteiger partial charge is 0.445 e. The highest BCUT2D eigenvalue weighted by molar-refractivity contribution is 6.31. The van der Waals surface area contributed by atoms with Crippen molar-refractivity contribution < 1.29 is 14.6 Å². The molecule has 4 nitrogen and oxygen atoms in total. The lowest BCUT2D eigenvalue weighted by atomic mass is 10.2. The molecule has 5 heteroatoms. The van der Waals surface area contributed by atoms with Crippen molar-refractivity contribution in [3.8, 4) is 0 Å². The molecule has 2 N–H and O–H groups in total. The number of amides is 1. The zero-order valence-corrected chi connectivity index (χ0v) is 9.54. The Morgan fingerprint density at radius 1 is 1.44 bits per heavy atom. The van der Waals surface area contributed by atoms with E-state index >= 15 is 0 Å². The molecule has 16 heavy (non-hydrogen) atoms. The molecule has 0 atom stereocenters. The van der Waals surface area contributed by atoms with Crippen LogP contribution in [-0.4, -0.2) is 24.4 Å². The number of hydrogen-bond donors (Lipinski definition) is 2. The smallest absolute Gasteiger partial charge is 0.407 e. The minimum absolute atomic E-state index is 0.0464. The van der Waals surface area contributed by atoms with Crippen LogP contribution in [0.3, 0.4) is 0 Å². The predicted molar refractivity (Wildman–Crippen MR) is 61.3 cm³/mol. The number of hydrogen-bond acceptors (Lipinski definition) is 3. The van der Waals surface area contributed by atoms with E-state index in [9.17, 15) is 4.79 Å². The Hall–Kier alpha value is -1.26. The maximum absolute atomic E-state index is 11.1. The summed E-state index contributed by atoms with van der Waals surface area (Å²) in [5, 5.41) is 11.6. The van der Waals surface area contributed by atoms with Crippen LogP contribution in [0.4, 0.5) is 4.79 Å². The fraction of sp³-hybridized carbons (Fsp3) is 0.364. The number of alkyl carbamates (subject to hydrolysis) is 1. The van der Waals surface area contributed by atoms with Crippen LogP contribution in [0.25, 0.3) is 0 Å². The van der Waals surface area contributed by atoms with Crippen LogP contribution in [0.5, 0.6) is 0 Å². The van der Waals surface area contributed by atoms with Crippen LogP contribution < -0.4 is 5.32 Å². The van der Waals surface area contributed by atoms with E-state index in [4.69, 9.17) is 21.4 Å². The summed E-state index contributed by atoms with van der Waals surface area (Å²) in [5.41, 5.74) is 0.765. The molecule has 0 saturated heterocycles. The van der Waals surface area contributed by atoms with E-state index in [1.165, 1.54) is 0 Å². The number of rotatable bonds is 5. The van der Waals surface area contributed by atoms with Gasteiger partial charge in [-0.1, -0.05) is 29.8 Å². The highest BCUT2D eigenvalue weighted by Gasteiger charge is 2.03. The maximum atomic E-state index is 11.1. The zero-order valence-electron chi connectivity index (χ0n) is 8.78. The molecule has 0 spiro atoms. The van der Waals surface area contributed by atoms with Crippen molar-refractivity contribution >= 4 is 17.7 Å². The van der Waals surface area contributed by atoms with Crippen LogP contribution in [-0.2, 0) is 11.3 Å². The second-order valence-electron chi connectivity index (χ2n) is 3.17. The number of carbonyl (C=O) groups excluding carboxylic acids is 1. The van der Waals surface area contributed by atoms with Gasteiger partial charge in [0.1, 0.15) is 6.61 Å². The van der Waals surface area contributed by atoms with Crippen LogP contribution in [0, 0.1) is 0 Å². The Balaban J connectivity index is 2.29. The number of nitrogens with one attached hydrogen (secondary N) is 1. The standard InChI is InChI=1S/C11H14ClNO3/c12-10-5-2-1-4-9(10)8-16-11(15)13-6-3-7-14/h1-2,4-5,14H,3,6-8H2,(H,13,15). The van der Waals surface area contributed by atoms with Gasteiger partial charge in [0.15, 0.2) is 0 Å². The minimum atomic E-state index is -0.506. The number of aliphatic hydroxyl groups is 1. The second-order valence-corrected chi connectivity index (χ2v) is 3.58. The number of benzene rings is 1. The summed E-state index contributed by atoms with van der Waals surface area (Å²) in [6.07, 6.45) is 0.00893. The molecule has 1 amide bonds. The van der Waals surface area contributed by atoms with Gasteiger partial charge in [0, 0.05) is 23.7 Å². The van der Waals surface area contributed by atoms with Gasteiger partial charge in [0.25, 0.3) is 0 Å². The maximum Gasteiger partial charge on any atom is 0.407 e. The van der Waals surface area contributed by atoms with Gasteiger partial charge in [0.2, 0.25) is 0 Å². The van der Waals surface area contributed by atoms with E-state index in [-0.39, 0.29) is 13.2 Å². The molecule has 0 aliphatic rings. The van der Waals surface area contributed by atoms with Crippen LogP contribution >= 0.6 is 11.6 Å². The van der Waals surface area contributed by atoms with Crippen molar-refractivity contribution in [2.45, 2.75) is 13.0 Å². The molecule has 0 radical (unpaired) electrons. The third kappa shape index (κ3) is 4.51. The number of carbonyl (C=O) groups is 1. The average Bonchev–Trinajstić information content (AvgIpc) is 2.28. The first-order valence-corrected chi connectivity index (χ1v) is 5.36. The molecule has 88 valence electrons. The van der Waals surface area contributed by atoms with Gasteiger partial charge in [-0.25, -0.2) is 4.79 Å². The molecule has 0 fully saturated rings. The lowest BCUT2D eigenvalue weighted by Crippen LogP contribution is -2.25. The Bertz CT molecular complexity index is 344. The monoisotopic (exact) mass is 243 g/mol. The fourth-order valence-electron chi connectivity index (χ4n) is 1.08. The Morgan fingerprint density at radius 3 is 2.88 bits per heavy atom. The summed E-state index contributed by atoms with van der Waals surface area (Å²) in [5.74, 6) is 0. The van der Waals surface area contributed by atoms with Gasteiger partial charge < -0.3 is 15.2 Å². The lowest BCUT2D eigenvalue weighted by molar-refractivity contribution is 0.139. The van der Waals surface area contributed by atoms with Crippen molar-refractivity contribution in [3.05, 3.63) is 34.9 Å². The Morgan fingerprint density at radius 2 is 2.19 bits per heavy atom. The first-order chi connectivity index (χ1) is 7.74. The molecule has 0 aromatic heterocycles. The van der Waals surface area contributed by atoms with E-state index in [0.717, 1.165) is 5.56 Å². The third-order valence-electron chi connectivity index (χ3n) is 1.92. The third-order valence-corrected chi connectivity index (χ3v) is 2.29. The van der Waals surface area contributed by atoms with Gasteiger partial charge in [0.05, 0.1) is 0 Å². The van der Waals surface area contributed by atoms with Gasteiger partial charge >= 0.3 is 6.09 Å². The normalized spacial score (nSPS) is 9.88. The quantitative estimate of drug-likeness (QED) is 0.777. The SMILES string of the molecule is O=C(NCCCO)OCc1ccccc1Cl. The van der Waals surface area contributed by atoms with E-state index in [1.54, 1.807) is 12.1 Å². The number of ether oxygens (including phenoxy) is 1. The van der Waals surface area contributed by atoms with Crippen LogP contribution in [0.1, 0.15) is 12.0 Å². The summed E-state index contributed by atoms with van der Waals surface area (Å²) in [7, 11) is 0. The van der Waals surface area contributed by atoms with Gasteiger partial charge in [-0.2, -0.15) is 0 Å². The summed E-state index contributed by atoms with van der Waals surface area (Å²) in [6, 6.07) is 7.18. The summed E-state index contributed by atoms with van der Waals surface area (Å²) in [6.45, 7) is 0.591. The fourth-order valence-corrected chi connectivity index (χ4v) is 1.27. The Kier molecular flexibility index (Phi) is 5.67. The van der Waals surface area contributed by atoms with E-state index in [1.807, 2.05) is 12.1 Å². The molecular formula is C11H14ClNO3. The first kappa shape index (κ1) is 12.8. The molecule has 0 unspecified atom stereocenters. The highest BCUT2D eigenvalue weighted by Crippen LogP contribution is 2.15. The van der Waals surface area contributed by atoms with E-state index in [2.05, 4.69) is 5.32 Å². The zero-order chi connectivity index (χ0) is 11.8. The summed E-state index contributed by atoms with van der Waals surface area (Å²) in [4.78, 5) is 11.1. The molecule has 0 saturated carbocycles. The van der Waals surface area contributed by atoms with Crippen molar-refractivity contribution in [2.24, 2.45) is 0 Å². The average molecular weight is 244 g/mol. The van der Waals surface area contributed by atoms with Gasteiger partial charge in [-0.15, -0.1) is 0 Å². The van der Waals surface area contributed by atoms with Crippen molar-refractivity contribution in [1.82, 2.24) is 5.32 Å². The molecule has 0 bridgehead atoms. The second kappa shape index (κ2) is 7.09. The molecule has 1 aromatic carbocycles. The van der Waals surface area contributed by atoms with Crippen LogP contribution in [0.2, 0.25) is 5.02 Å². The molecule has 0 heterocycles. The number of halogens is 1. The first-order valence-electron chi connectivity index (χ1n) is 4.99. The highest BCUT2D eigenvalue weighted by atomic mass is 35.5. The number of aliphatic hydroxyl groups excluding tert-OH is 1. The summed E-state index contributed by atoms with van der Waals surface area (Å²) >= 11 is 5.89. The molecule has 0 aliphatic heterocycles. The van der Waals surface area contributed by atoms with Crippen molar-refractivity contribution in [1.29, 1.82) is 0 Å². The Labute approximate surface area is 99.2 Å². The molecule has 0 aliphatic carbocycles. The molecular weight excluding hydrogens is 230 g/mol. The molecule has 1 aromatic rings. The van der Waals surface area contributed by atoms with E-state index in [0.29, 0.717) is 18.0 Å². The summed E-state index contributed by atoms with van der Waals surface area (Å²) < 4.78 is 4.94. The van der Waals surface area contributed by atoms with Crippen molar-refractivity contribution in [3.63, 3.8) is 0 Å². The molecule has 1 rings (SSSR count). The lowest BCUT2D eigenvalue weighted by Gasteiger charge is -2.07. The predicted octanol–water partition coefficient (Wildman–Crippen LogP) is 1.95. The topological polar surface area (TPSA) is 58.6 Å². The van der Waals surface area contributed by atoms with Gasteiger partial charge in [-0.3, -0.25) is 0 Å². The van der Waals surface area contributed by atoms with Crippen molar-refractivity contribution in [2.75, 3.05) is 13.2 Å².